The third-order valence-corrected chi connectivity index (χ3v) is 3.06. The first-order valence-corrected chi connectivity index (χ1v) is 5.35. The van der Waals surface area contributed by atoms with E-state index in [1.165, 1.54) is 0 Å². The Morgan fingerprint density at radius 2 is 2.06 bits per heavy atom. The van der Waals surface area contributed by atoms with Crippen LogP contribution in [0.4, 0.5) is 5.69 Å². The number of nitrogens with two attached hydrogens (primary N) is 1. The summed E-state index contributed by atoms with van der Waals surface area (Å²) < 4.78 is 1.57. The Bertz CT molecular complexity index is 405. The highest BCUT2D eigenvalue weighted by atomic mass is 35.5. The highest BCUT2D eigenvalue weighted by Crippen LogP contribution is 2.27. The van der Waals surface area contributed by atoms with E-state index in [4.69, 9.17) is 5.73 Å². The molecule has 2 rings (SSSR count). The molecule has 0 amide bonds. The van der Waals surface area contributed by atoms with Crippen LogP contribution in [0.15, 0.2) is 23.1 Å². The summed E-state index contributed by atoms with van der Waals surface area (Å²) in [5, 5.41) is 9.84. The first-order valence-electron chi connectivity index (χ1n) is 5.35. The second-order valence-electron chi connectivity index (χ2n) is 4.10. The first kappa shape index (κ1) is 13.1. The molecule has 0 aromatic carbocycles. The molecule has 0 radical (unpaired) electrons. The Morgan fingerprint density at radius 3 is 2.75 bits per heavy atom. The van der Waals surface area contributed by atoms with E-state index in [2.05, 4.69) is 0 Å². The molecule has 2 atom stereocenters. The second-order valence-corrected chi connectivity index (χ2v) is 4.10. The minimum atomic E-state index is -0.418. The molecular weight excluding hydrogens is 228 g/mol. The van der Waals surface area contributed by atoms with Crippen LogP contribution in [0.5, 0.6) is 0 Å². The van der Waals surface area contributed by atoms with Crippen molar-refractivity contribution >= 4 is 18.1 Å². The van der Waals surface area contributed by atoms with Crippen molar-refractivity contribution in [2.45, 2.75) is 37.8 Å². The van der Waals surface area contributed by atoms with Crippen LogP contribution in [0.2, 0.25) is 0 Å². The zero-order chi connectivity index (χ0) is 10.8. The van der Waals surface area contributed by atoms with Crippen LogP contribution in [-0.2, 0) is 0 Å². The molecule has 5 heteroatoms. The SMILES string of the molecule is Cl.Nc1cccn([C@@H]2CCCCC2O)c1=O. The molecule has 0 bridgehead atoms. The van der Waals surface area contributed by atoms with Crippen molar-refractivity contribution in [1.82, 2.24) is 4.57 Å². The summed E-state index contributed by atoms with van der Waals surface area (Å²) in [6.45, 7) is 0. The average molecular weight is 245 g/mol. The number of rotatable bonds is 1. The van der Waals surface area contributed by atoms with Gasteiger partial charge in [0.2, 0.25) is 0 Å². The van der Waals surface area contributed by atoms with Gasteiger partial charge in [0.15, 0.2) is 0 Å². The predicted octanol–water partition coefficient (Wildman–Crippen LogP) is 1.33. The Morgan fingerprint density at radius 1 is 1.38 bits per heavy atom. The van der Waals surface area contributed by atoms with E-state index in [9.17, 15) is 9.90 Å². The first-order chi connectivity index (χ1) is 7.20. The van der Waals surface area contributed by atoms with Gasteiger partial charge in [0.05, 0.1) is 17.8 Å². The maximum absolute atomic E-state index is 11.7. The smallest absolute Gasteiger partial charge is 0.274 e. The molecular formula is C11H17ClN2O2. The molecule has 3 N–H and O–H groups in total. The summed E-state index contributed by atoms with van der Waals surface area (Å²) in [6.07, 6.45) is 5.00. The Kier molecular flexibility index (Phi) is 4.38. The van der Waals surface area contributed by atoms with Crippen LogP contribution in [0.25, 0.3) is 0 Å². The highest BCUT2D eigenvalue weighted by molar-refractivity contribution is 5.85. The van der Waals surface area contributed by atoms with Crippen molar-refractivity contribution in [3.05, 3.63) is 28.7 Å². The van der Waals surface area contributed by atoms with E-state index in [-0.39, 0.29) is 29.7 Å². The monoisotopic (exact) mass is 244 g/mol. The number of aliphatic hydroxyl groups excluding tert-OH is 1. The largest absolute Gasteiger partial charge is 0.394 e. The number of aliphatic hydroxyl groups is 1. The molecule has 16 heavy (non-hydrogen) atoms. The van der Waals surface area contributed by atoms with Gasteiger partial charge in [-0.1, -0.05) is 12.8 Å². The van der Waals surface area contributed by atoms with Gasteiger partial charge in [-0.3, -0.25) is 4.79 Å². The van der Waals surface area contributed by atoms with Crippen molar-refractivity contribution in [1.29, 1.82) is 0 Å². The van der Waals surface area contributed by atoms with Crippen LogP contribution in [0.3, 0.4) is 0 Å². The molecule has 1 aliphatic carbocycles. The molecule has 1 fully saturated rings. The molecule has 1 unspecified atom stereocenters. The van der Waals surface area contributed by atoms with Crippen molar-refractivity contribution in [2.75, 3.05) is 5.73 Å². The van der Waals surface area contributed by atoms with Crippen molar-refractivity contribution in [2.24, 2.45) is 0 Å². The fraction of sp³-hybridized carbons (Fsp3) is 0.545. The number of hydrogen-bond donors (Lipinski definition) is 2. The standard InChI is InChI=1S/C11H16N2O2.ClH/c12-8-4-3-7-13(11(8)15)9-5-1-2-6-10(9)14;/h3-4,7,9-10,14H,1-2,5-6,12H2;1H/t9-,10?;/m1./s1. The molecule has 0 aliphatic heterocycles. The number of halogens is 1. The van der Waals surface area contributed by atoms with Gasteiger partial charge in [-0.25, -0.2) is 0 Å². The van der Waals surface area contributed by atoms with Gasteiger partial charge in [-0.15, -0.1) is 12.4 Å². The van der Waals surface area contributed by atoms with E-state index in [1.54, 1.807) is 22.9 Å². The van der Waals surface area contributed by atoms with Crippen molar-refractivity contribution < 1.29 is 5.11 Å². The minimum Gasteiger partial charge on any atom is -0.394 e. The van der Waals surface area contributed by atoms with Gasteiger partial charge in [-0.05, 0) is 25.0 Å². The Hall–Kier alpha value is -1.00. The van der Waals surface area contributed by atoms with Crippen LogP contribution in [0, 0.1) is 0 Å². The third kappa shape index (κ3) is 2.39. The lowest BCUT2D eigenvalue weighted by atomic mass is 9.92. The molecule has 1 heterocycles. The summed E-state index contributed by atoms with van der Waals surface area (Å²) in [6, 6.07) is 3.24. The average Bonchev–Trinajstić information content (AvgIpc) is 2.23. The zero-order valence-corrected chi connectivity index (χ0v) is 9.82. The Labute approximate surface area is 100 Å². The minimum absolute atomic E-state index is 0. The van der Waals surface area contributed by atoms with Gasteiger partial charge >= 0.3 is 0 Å². The number of anilines is 1. The maximum Gasteiger partial charge on any atom is 0.274 e. The molecule has 90 valence electrons. The summed E-state index contributed by atoms with van der Waals surface area (Å²) in [5.41, 5.74) is 5.61. The summed E-state index contributed by atoms with van der Waals surface area (Å²) in [4.78, 5) is 11.7. The van der Waals surface area contributed by atoms with E-state index < -0.39 is 6.10 Å². The molecule has 1 aromatic rings. The molecule has 1 aliphatic rings. The fourth-order valence-corrected chi connectivity index (χ4v) is 2.20. The summed E-state index contributed by atoms with van der Waals surface area (Å²) >= 11 is 0. The van der Waals surface area contributed by atoms with Crippen LogP contribution >= 0.6 is 12.4 Å². The van der Waals surface area contributed by atoms with Gasteiger partial charge in [-0.2, -0.15) is 0 Å². The normalized spacial score (nSPS) is 24.8. The highest BCUT2D eigenvalue weighted by Gasteiger charge is 2.25. The maximum atomic E-state index is 11.7. The lowest BCUT2D eigenvalue weighted by Crippen LogP contribution is -2.35. The van der Waals surface area contributed by atoms with E-state index >= 15 is 0 Å². The lowest BCUT2D eigenvalue weighted by molar-refractivity contribution is 0.0739. The van der Waals surface area contributed by atoms with Crippen LogP contribution in [0.1, 0.15) is 31.7 Å². The predicted molar refractivity (Wildman–Crippen MR) is 65.9 cm³/mol. The second kappa shape index (κ2) is 5.37. The van der Waals surface area contributed by atoms with Gasteiger partial charge < -0.3 is 15.4 Å². The lowest BCUT2D eigenvalue weighted by Gasteiger charge is -2.29. The Balaban J connectivity index is 0.00000128. The summed E-state index contributed by atoms with van der Waals surface area (Å²) in [5.74, 6) is 0. The zero-order valence-electron chi connectivity index (χ0n) is 9.00. The number of nitrogens with zero attached hydrogens (tertiary/aromatic N) is 1. The summed E-state index contributed by atoms with van der Waals surface area (Å²) in [7, 11) is 0. The number of nitrogen functional groups attached to an aromatic ring is 1. The topological polar surface area (TPSA) is 68.2 Å². The number of aromatic nitrogens is 1. The van der Waals surface area contributed by atoms with Crippen molar-refractivity contribution in [3.8, 4) is 0 Å². The van der Waals surface area contributed by atoms with Crippen LogP contribution in [-0.4, -0.2) is 15.8 Å². The van der Waals surface area contributed by atoms with Gasteiger partial charge in [0.1, 0.15) is 0 Å². The van der Waals surface area contributed by atoms with Crippen molar-refractivity contribution in [3.63, 3.8) is 0 Å². The fourth-order valence-electron chi connectivity index (χ4n) is 2.20. The third-order valence-electron chi connectivity index (χ3n) is 3.06. The van der Waals surface area contributed by atoms with E-state index in [1.807, 2.05) is 0 Å². The molecule has 1 saturated carbocycles. The van der Waals surface area contributed by atoms with Crippen LogP contribution < -0.4 is 11.3 Å². The molecule has 0 spiro atoms. The number of hydrogen-bond acceptors (Lipinski definition) is 3. The molecule has 0 saturated heterocycles. The van der Waals surface area contributed by atoms with Gasteiger partial charge in [0.25, 0.3) is 5.56 Å². The molecule has 1 aromatic heterocycles. The van der Waals surface area contributed by atoms with E-state index in [0.29, 0.717) is 0 Å². The van der Waals surface area contributed by atoms with Gasteiger partial charge in [0, 0.05) is 6.20 Å². The number of pyridine rings is 1. The van der Waals surface area contributed by atoms with E-state index in [0.717, 1.165) is 25.7 Å². The molecule has 4 nitrogen and oxygen atoms in total. The quantitative estimate of drug-likeness (QED) is 0.783.